The van der Waals surface area contributed by atoms with Crippen molar-refractivity contribution >= 4 is 29.8 Å². The summed E-state index contributed by atoms with van der Waals surface area (Å²) in [6.07, 6.45) is 2.37. The van der Waals surface area contributed by atoms with Crippen molar-refractivity contribution in [2.75, 3.05) is 0 Å². The minimum atomic E-state index is -0.989. The van der Waals surface area contributed by atoms with E-state index in [0.717, 1.165) is 41.6 Å². The fourth-order valence-corrected chi connectivity index (χ4v) is 4.85. The molecule has 1 amide bonds. The minimum absolute atomic E-state index is 0.0295. The van der Waals surface area contributed by atoms with Gasteiger partial charge in [-0.1, -0.05) is 97.7 Å². The smallest absolute Gasteiger partial charge is 0.442 e. The van der Waals surface area contributed by atoms with Crippen LogP contribution in [0.1, 0.15) is 58.3 Å². The van der Waals surface area contributed by atoms with Crippen molar-refractivity contribution in [3.05, 3.63) is 122 Å². The van der Waals surface area contributed by atoms with Crippen molar-refractivity contribution in [1.82, 2.24) is 14.7 Å². The quantitative estimate of drug-likeness (QED) is 0.0356. The monoisotopic (exact) mass is 633 g/mol. The molecule has 0 spiro atoms. The Morgan fingerprint density at radius 1 is 1.09 bits per heavy atom. The van der Waals surface area contributed by atoms with E-state index in [2.05, 4.69) is 21.8 Å². The van der Waals surface area contributed by atoms with E-state index in [1.165, 1.54) is 0 Å². The van der Waals surface area contributed by atoms with Gasteiger partial charge in [0.05, 0.1) is 0 Å². The zero-order chi connectivity index (χ0) is 32.3. The summed E-state index contributed by atoms with van der Waals surface area (Å²) in [7, 11) is 0. The summed E-state index contributed by atoms with van der Waals surface area (Å²) in [6.45, 7) is 1.99. The average Bonchev–Trinajstić information content (AvgIpc) is 3.35. The Morgan fingerprint density at radius 2 is 1.76 bits per heavy atom. The van der Waals surface area contributed by atoms with Gasteiger partial charge in [0, 0.05) is 18.5 Å². The highest BCUT2D eigenvalue weighted by atomic mass is 35.5. The van der Waals surface area contributed by atoms with Gasteiger partial charge >= 0.3 is 6.09 Å². The van der Waals surface area contributed by atoms with Crippen molar-refractivity contribution < 1.29 is 24.3 Å². The molecule has 1 aromatic heterocycles. The molecule has 0 aliphatic carbocycles. The molecule has 3 aromatic carbocycles. The number of carbonyl (C=O) groups excluding carboxylic acids is 2. The number of aldehydes is 1. The minimum Gasteiger partial charge on any atom is -0.442 e. The van der Waals surface area contributed by atoms with Crippen LogP contribution < -0.4 is 11.6 Å². The first-order valence-corrected chi connectivity index (χ1v) is 14.4. The molecule has 0 unspecified atom stereocenters. The van der Waals surface area contributed by atoms with Crippen LogP contribution in [0.4, 0.5) is 4.79 Å². The molecule has 0 atom stereocenters. The first kappa shape index (κ1) is 32.6. The molecule has 4 rings (SSSR count). The molecule has 45 heavy (non-hydrogen) atoms. The lowest BCUT2D eigenvalue weighted by atomic mass is 9.98. The number of imidazole rings is 1. The van der Waals surface area contributed by atoms with E-state index < -0.39 is 11.2 Å². The van der Waals surface area contributed by atoms with Crippen LogP contribution in [0.15, 0.2) is 77.9 Å². The van der Waals surface area contributed by atoms with E-state index in [0.29, 0.717) is 40.5 Å². The number of rotatable bonds is 14. The Morgan fingerprint density at radius 3 is 2.42 bits per heavy atom. The summed E-state index contributed by atoms with van der Waals surface area (Å²) < 4.78 is 7.08. The molecule has 0 fully saturated rings. The molecule has 0 aliphatic heterocycles. The van der Waals surface area contributed by atoms with Gasteiger partial charge in [-0.2, -0.15) is 0 Å². The molecule has 0 radical (unpaired) electrons. The molecule has 14 heteroatoms. The maximum absolute atomic E-state index is 12.6. The molecule has 1 heterocycles. The highest BCUT2D eigenvalue weighted by Gasteiger charge is 2.17. The van der Waals surface area contributed by atoms with Gasteiger partial charge in [-0.3, -0.25) is 4.79 Å². The Balaban J connectivity index is 1.47. The number of ether oxygens (including phenoxy) is 1. The maximum atomic E-state index is 12.6. The first-order valence-electron chi connectivity index (χ1n) is 14.0. The van der Waals surface area contributed by atoms with Crippen LogP contribution in [0.5, 0.6) is 0 Å². The zero-order valence-electron chi connectivity index (χ0n) is 24.5. The van der Waals surface area contributed by atoms with E-state index in [4.69, 9.17) is 27.9 Å². The van der Waals surface area contributed by atoms with Crippen molar-refractivity contribution in [2.45, 2.75) is 45.9 Å². The number of amidine groups is 1. The number of aryl methyl sites for hydroxylation is 1. The summed E-state index contributed by atoms with van der Waals surface area (Å²) in [5.74, 6) is 6.58. The predicted molar refractivity (Wildman–Crippen MR) is 167 cm³/mol. The number of nitrogens with two attached hydrogens (primary N) is 2. The molecule has 13 nitrogen and oxygen atoms in total. The first-order chi connectivity index (χ1) is 21.7. The molecular formula is C31H32ClN7O6. The van der Waals surface area contributed by atoms with Gasteiger partial charge in [-0.25, -0.2) is 15.6 Å². The van der Waals surface area contributed by atoms with E-state index in [9.17, 15) is 19.7 Å². The summed E-state index contributed by atoms with van der Waals surface area (Å²) in [5.41, 5.74) is 10.6. The fraction of sp³-hybridized carbons (Fsp3) is 0.226. The van der Waals surface area contributed by atoms with Crippen LogP contribution in [0.3, 0.4) is 0 Å². The Labute approximate surface area is 264 Å². The summed E-state index contributed by atoms with van der Waals surface area (Å²) >= 11 is 6.22. The van der Waals surface area contributed by atoms with Crippen LogP contribution in [0.2, 0.25) is 5.15 Å². The van der Waals surface area contributed by atoms with Gasteiger partial charge in [-0.15, -0.1) is 20.3 Å². The third-order valence-corrected chi connectivity index (χ3v) is 7.19. The number of halogens is 1. The average molecular weight is 634 g/mol. The Bertz CT molecular complexity index is 1690. The number of carbonyl (C=O) groups is 2. The number of hydrogen-bond donors (Lipinski definition) is 2. The van der Waals surface area contributed by atoms with Crippen LogP contribution in [-0.2, 0) is 35.8 Å². The largest absolute Gasteiger partial charge is 0.445 e. The van der Waals surface area contributed by atoms with E-state index in [1.54, 1.807) is 36.4 Å². The van der Waals surface area contributed by atoms with Gasteiger partial charge < -0.3 is 19.9 Å². The fourth-order valence-electron chi connectivity index (χ4n) is 4.60. The Kier molecular flexibility index (Phi) is 11.2. The summed E-state index contributed by atoms with van der Waals surface area (Å²) in [4.78, 5) is 43.6. The van der Waals surface area contributed by atoms with Gasteiger partial charge in [-0.05, 0) is 34.2 Å². The standard InChI is InChI=1S/C31H32ClN7O6/c1-2-3-12-28-35-29(32)27(18-40)37(28)17-21-13-15-22(16-14-21)25-10-6-7-11-26(25)30(33)36-38(34)31(41)44-19-23-8-4-5-9-24(23)20-45-39(42)43/h4-11,13-16,18H,2-3,12,17,19-20,34H2,1H3,(H2,33,36). The lowest BCUT2D eigenvalue weighted by molar-refractivity contribution is -0.763. The van der Waals surface area contributed by atoms with Crippen molar-refractivity contribution in [1.29, 1.82) is 0 Å². The van der Waals surface area contributed by atoms with Crippen LogP contribution >= 0.6 is 11.6 Å². The van der Waals surface area contributed by atoms with E-state index in [-0.39, 0.29) is 24.2 Å². The van der Waals surface area contributed by atoms with Gasteiger partial charge in [0.2, 0.25) is 0 Å². The maximum Gasteiger partial charge on any atom is 0.445 e. The van der Waals surface area contributed by atoms with E-state index >= 15 is 0 Å². The predicted octanol–water partition coefficient (Wildman–Crippen LogP) is 5.25. The number of amides is 1. The zero-order valence-corrected chi connectivity index (χ0v) is 25.2. The number of hydrazone groups is 1. The SMILES string of the molecule is CCCCc1nc(Cl)c(C=O)n1Cc1ccc(-c2ccccc2/C(N)=N/N(N)C(=O)OCc2ccccc2CO[N+](=O)[O-])cc1. The molecule has 0 saturated heterocycles. The van der Waals surface area contributed by atoms with Gasteiger partial charge in [0.1, 0.15) is 24.7 Å². The third kappa shape index (κ3) is 8.43. The number of benzene rings is 3. The second-order valence-corrected chi connectivity index (χ2v) is 10.3. The number of hydrazine groups is 1. The molecule has 234 valence electrons. The second-order valence-electron chi connectivity index (χ2n) is 9.90. The van der Waals surface area contributed by atoms with Gasteiger partial charge in [0.25, 0.3) is 5.09 Å². The number of aromatic nitrogens is 2. The van der Waals surface area contributed by atoms with Crippen molar-refractivity contribution in [3.8, 4) is 11.1 Å². The van der Waals surface area contributed by atoms with Crippen LogP contribution in [-0.4, -0.2) is 38.0 Å². The third-order valence-electron chi connectivity index (χ3n) is 6.91. The van der Waals surface area contributed by atoms with Crippen LogP contribution in [0.25, 0.3) is 11.1 Å². The normalized spacial score (nSPS) is 11.2. The topological polar surface area (TPSA) is 181 Å². The molecule has 4 aromatic rings. The highest BCUT2D eigenvalue weighted by molar-refractivity contribution is 6.31. The number of hydrogen-bond acceptors (Lipinski definition) is 9. The summed E-state index contributed by atoms with van der Waals surface area (Å²) in [5, 5.41) is 14.3. The number of nitrogens with zero attached hydrogens (tertiary/aromatic N) is 5. The summed E-state index contributed by atoms with van der Waals surface area (Å²) in [6, 6.07) is 21.6. The van der Waals surface area contributed by atoms with Crippen molar-refractivity contribution in [3.63, 3.8) is 0 Å². The lowest BCUT2D eigenvalue weighted by Gasteiger charge is -2.15. The molecular weight excluding hydrogens is 602 g/mol. The Hall–Kier alpha value is -5.27. The van der Waals surface area contributed by atoms with E-state index in [1.807, 2.05) is 41.0 Å². The number of unbranched alkanes of at least 4 members (excludes halogenated alkanes) is 1. The van der Waals surface area contributed by atoms with Crippen LogP contribution in [0, 0.1) is 10.1 Å². The van der Waals surface area contributed by atoms with Crippen molar-refractivity contribution in [2.24, 2.45) is 16.7 Å². The molecule has 0 bridgehead atoms. The highest BCUT2D eigenvalue weighted by Crippen LogP contribution is 2.26. The molecule has 0 aliphatic rings. The van der Waals surface area contributed by atoms with Gasteiger partial charge in [0.15, 0.2) is 17.3 Å². The molecule has 4 N–H and O–H groups in total. The lowest BCUT2D eigenvalue weighted by Crippen LogP contribution is -2.35. The second kappa shape index (κ2) is 15.5. The molecule has 0 saturated carbocycles.